The monoisotopic (exact) mass is 1430 g/mol. The zero-order valence-electron chi connectivity index (χ0n) is 69.9. The Morgan fingerprint density at radius 2 is 0.733 bits per heavy atom. The molecule has 0 saturated heterocycles. The van der Waals surface area contributed by atoms with Gasteiger partial charge >= 0.3 is 0 Å². The summed E-state index contributed by atoms with van der Waals surface area (Å²) in [5.41, 5.74) is 24.6. The van der Waals surface area contributed by atoms with Gasteiger partial charge in [0.1, 0.15) is 11.6 Å². The van der Waals surface area contributed by atoms with Gasteiger partial charge in [-0.3, -0.25) is 0 Å². The SMILES string of the molecule is CC(C)c1ccc(C(C)C)c(CO)c1.CC(C)c1ccc(C(C)C)c(F)c1.CC(C)c1ccc(C(C)C)c2c1CO[Si]2(C)C.CC(C)c1ccc(C(C)C)c2c1C[Si](C)(C)O2.CC(C)c1ccc(C(C)C)c2sccc12.CC(C)c1ccc(C(C)C)cc1.Cc1cc(C(C)C)ccc1C(C)C. The molecule has 1 aromatic heterocycles. The fraction of sp³-hybridized carbons (Fsp3) is 0.532. The highest BCUT2D eigenvalue weighted by atomic mass is 32.1. The molecule has 0 radical (unpaired) electrons. The topological polar surface area (TPSA) is 38.7 Å². The average molecular weight is 1430 g/mol. The minimum Gasteiger partial charge on any atom is -0.543 e. The van der Waals surface area contributed by atoms with Crippen LogP contribution >= 0.6 is 11.3 Å². The third kappa shape index (κ3) is 24.9. The molecule has 8 aromatic rings. The van der Waals surface area contributed by atoms with Crippen molar-refractivity contribution in [3.8, 4) is 5.75 Å². The minimum atomic E-state index is -1.65. The highest BCUT2D eigenvalue weighted by Crippen LogP contribution is 2.43. The fourth-order valence-corrected chi connectivity index (χ4v) is 19.5. The molecule has 10 rings (SSSR count). The van der Waals surface area contributed by atoms with E-state index in [1.807, 2.05) is 37.3 Å². The Morgan fingerprint density at radius 3 is 1.15 bits per heavy atom. The van der Waals surface area contributed by atoms with E-state index in [2.05, 4.69) is 322 Å². The first-order chi connectivity index (χ1) is 47.0. The molecule has 2 aliphatic rings. The molecule has 101 heavy (non-hydrogen) atoms. The van der Waals surface area contributed by atoms with E-state index in [0.717, 1.165) is 23.3 Å². The first-order valence-corrected chi connectivity index (χ1v) is 45.8. The molecule has 2 aliphatic heterocycles. The Hall–Kier alpha value is -5.42. The van der Waals surface area contributed by atoms with Crippen molar-refractivity contribution in [1.82, 2.24) is 0 Å². The maximum Gasteiger partial charge on any atom is 0.249 e. The number of benzene rings is 7. The lowest BCUT2D eigenvalue weighted by atomic mass is 9.91. The number of hydrogen-bond donors (Lipinski definition) is 1. The van der Waals surface area contributed by atoms with Crippen molar-refractivity contribution in [1.29, 1.82) is 0 Å². The fourth-order valence-electron chi connectivity index (χ4n) is 13.7. The standard InChI is InChI=1S/2C15H24OSi.C14H18S.C13H20O.C13H20.C12H17F.C12H18/c1-10(2)12-7-8-13(11(3)4)15-14(12)9-17(5,6)16-15;1-10(2)12-7-8-13(11(3)4)15-14(12)9-16-17(15,5)6;1-9(2)11-5-6-12(10(3)4)14-13(11)7-8-15-14;1-9(2)11-5-6-13(10(3)4)12(7-11)8-14;1-9(2)12-6-7-13(10(3)4)11(5)8-12;1-8(2)10-5-6-11(9(3)4)12(13)7-10;1-9(2)11-5-7-12(8-6-11)10(3)4/h2*7-8,10-11H,9H2,1-6H3;5-10H,1-4H3;5-7,9-10,14H,8H2,1-4H3;6-10H,1-5H3;5-9H,1-4H3;5-10H,1-4H3. The van der Waals surface area contributed by atoms with Crippen molar-refractivity contribution in [2.75, 3.05) is 0 Å². The molecule has 0 bridgehead atoms. The molecule has 0 saturated carbocycles. The van der Waals surface area contributed by atoms with Crippen LogP contribution in [0.15, 0.2) is 127 Å². The van der Waals surface area contributed by atoms with Crippen LogP contribution in [0.2, 0.25) is 26.2 Å². The Labute approximate surface area is 625 Å². The molecule has 0 fully saturated rings. The quantitative estimate of drug-likeness (QED) is 0.104. The van der Waals surface area contributed by atoms with Crippen LogP contribution in [0.3, 0.4) is 0 Å². The highest BCUT2D eigenvalue weighted by Gasteiger charge is 2.39. The van der Waals surface area contributed by atoms with Crippen LogP contribution in [0, 0.1) is 12.7 Å². The Kier molecular flexibility index (Phi) is 34.5. The summed E-state index contributed by atoms with van der Waals surface area (Å²) in [5, 5.41) is 14.5. The molecule has 0 atom stereocenters. The molecule has 7 heteroatoms. The second-order valence-corrected chi connectivity index (χ2v) is 43.0. The van der Waals surface area contributed by atoms with E-state index in [9.17, 15) is 9.50 Å². The van der Waals surface area contributed by atoms with E-state index in [4.69, 9.17) is 8.85 Å². The zero-order chi connectivity index (χ0) is 76.5. The smallest absolute Gasteiger partial charge is 0.249 e. The zero-order valence-corrected chi connectivity index (χ0v) is 72.7. The summed E-state index contributed by atoms with van der Waals surface area (Å²) in [6, 6.07) is 45.1. The summed E-state index contributed by atoms with van der Waals surface area (Å²) in [6.45, 7) is 74.4. The molecule has 3 nitrogen and oxygen atoms in total. The van der Waals surface area contributed by atoms with E-state index < -0.39 is 16.6 Å². The van der Waals surface area contributed by atoms with Crippen LogP contribution in [0.1, 0.15) is 377 Å². The molecule has 7 aromatic carbocycles. The summed E-state index contributed by atoms with van der Waals surface area (Å²) < 4.78 is 27.4. The van der Waals surface area contributed by atoms with Crippen molar-refractivity contribution in [3.63, 3.8) is 0 Å². The summed E-state index contributed by atoms with van der Waals surface area (Å²) in [6.07, 6.45) is 0. The number of hydrogen-bond acceptors (Lipinski definition) is 4. The van der Waals surface area contributed by atoms with Gasteiger partial charge in [0.25, 0.3) is 0 Å². The maximum absolute atomic E-state index is 13.5. The number of aliphatic hydroxyl groups is 1. The van der Waals surface area contributed by atoms with Gasteiger partial charge < -0.3 is 14.0 Å². The normalized spacial score (nSPS) is 13.5. The Bertz CT molecular complexity index is 3660. The van der Waals surface area contributed by atoms with Gasteiger partial charge in [0, 0.05) is 10.7 Å². The molecule has 1 N–H and O–H groups in total. The van der Waals surface area contributed by atoms with E-state index in [-0.39, 0.29) is 18.3 Å². The average Bonchev–Trinajstić information content (AvgIpc) is 1.63. The van der Waals surface area contributed by atoms with E-state index in [1.165, 1.54) is 105 Å². The second-order valence-electron chi connectivity index (χ2n) is 34.2. The third-order valence-electron chi connectivity index (χ3n) is 20.1. The van der Waals surface area contributed by atoms with Crippen LogP contribution in [0.25, 0.3) is 10.1 Å². The van der Waals surface area contributed by atoms with Gasteiger partial charge in [-0.05, 0) is 244 Å². The van der Waals surface area contributed by atoms with E-state index in [0.29, 0.717) is 76.9 Å². The molecule has 0 amide bonds. The Balaban J connectivity index is 0.000000251. The van der Waals surface area contributed by atoms with Crippen LogP contribution < -0.4 is 9.61 Å². The lowest BCUT2D eigenvalue weighted by Gasteiger charge is -2.22. The maximum atomic E-state index is 13.5. The first-order valence-electron chi connectivity index (χ1n) is 38.9. The summed E-state index contributed by atoms with van der Waals surface area (Å²) >= 11 is 1.87. The van der Waals surface area contributed by atoms with Gasteiger partial charge in [0.05, 0.1) is 13.2 Å². The predicted octanol–water partition coefficient (Wildman–Crippen LogP) is 29.3. The Morgan fingerprint density at radius 1 is 0.376 bits per heavy atom. The first kappa shape index (κ1) is 88.0. The van der Waals surface area contributed by atoms with Crippen LogP contribution in [0.4, 0.5) is 4.39 Å². The molecule has 0 aliphatic carbocycles. The van der Waals surface area contributed by atoms with Crippen molar-refractivity contribution in [3.05, 3.63) is 233 Å². The van der Waals surface area contributed by atoms with Gasteiger partial charge in [0.15, 0.2) is 0 Å². The van der Waals surface area contributed by atoms with Crippen LogP contribution in [-0.4, -0.2) is 21.7 Å². The van der Waals surface area contributed by atoms with Crippen molar-refractivity contribution in [2.45, 2.75) is 329 Å². The summed E-state index contributed by atoms with van der Waals surface area (Å²) in [7, 11) is -3.14. The van der Waals surface area contributed by atoms with E-state index >= 15 is 0 Å². The lowest BCUT2D eigenvalue weighted by molar-refractivity contribution is 0.280. The highest BCUT2D eigenvalue weighted by molar-refractivity contribution is 7.17. The number of fused-ring (bicyclic) bond motifs is 3. The van der Waals surface area contributed by atoms with Gasteiger partial charge in [0.2, 0.25) is 16.6 Å². The van der Waals surface area contributed by atoms with E-state index in [1.54, 1.807) is 11.3 Å². The molecule has 0 spiro atoms. The molecule has 556 valence electrons. The largest absolute Gasteiger partial charge is 0.543 e. The van der Waals surface area contributed by atoms with Gasteiger partial charge in [-0.25, -0.2) is 4.39 Å². The number of aliphatic hydroxyl groups excluding tert-OH is 1. The van der Waals surface area contributed by atoms with Crippen molar-refractivity contribution in [2.24, 2.45) is 0 Å². The van der Waals surface area contributed by atoms with Crippen molar-refractivity contribution < 1.29 is 18.3 Å². The van der Waals surface area contributed by atoms with Crippen molar-refractivity contribution >= 4 is 43.2 Å². The number of halogens is 1. The summed E-state index contributed by atoms with van der Waals surface area (Å²) in [4.78, 5) is 0. The molecule has 3 heterocycles. The lowest BCUT2D eigenvalue weighted by Crippen LogP contribution is -2.42. The predicted molar refractivity (Wildman–Crippen MR) is 452 cm³/mol. The third-order valence-corrected chi connectivity index (χ3v) is 25.7. The number of rotatable bonds is 15. The molecular weight excluding hydrogens is 1280 g/mol. The van der Waals surface area contributed by atoms with Crippen LogP contribution in [0.5, 0.6) is 5.75 Å². The summed E-state index contributed by atoms with van der Waals surface area (Å²) in [5.74, 6) is 8.97. The molecule has 0 unspecified atom stereocenters. The number of aryl methyl sites for hydroxylation is 1. The van der Waals surface area contributed by atoms with Gasteiger partial charge in [-0.15, -0.1) is 11.3 Å². The minimum absolute atomic E-state index is 0.0683. The van der Waals surface area contributed by atoms with Gasteiger partial charge in [-0.2, -0.15) is 0 Å². The van der Waals surface area contributed by atoms with Crippen LogP contribution in [-0.2, 0) is 23.7 Å². The number of thiophene rings is 1. The second kappa shape index (κ2) is 39.6. The van der Waals surface area contributed by atoms with Gasteiger partial charge in [-0.1, -0.05) is 303 Å². The molecular formula is C94H141FO3SSi2.